The van der Waals surface area contributed by atoms with Gasteiger partial charge in [0, 0.05) is 12.4 Å². The molecular formula is C12H25NO3S. The van der Waals surface area contributed by atoms with Gasteiger partial charge >= 0.3 is 0 Å². The van der Waals surface area contributed by atoms with Gasteiger partial charge in [0.15, 0.2) is 9.84 Å². The first-order valence-electron chi connectivity index (χ1n) is 6.57. The second-order valence-electron chi connectivity index (χ2n) is 4.91. The van der Waals surface area contributed by atoms with Crippen molar-refractivity contribution in [3.63, 3.8) is 0 Å². The molecule has 1 rings (SSSR count). The zero-order valence-corrected chi connectivity index (χ0v) is 11.5. The minimum atomic E-state index is -2.90. The van der Waals surface area contributed by atoms with Gasteiger partial charge in [-0.2, -0.15) is 0 Å². The number of hydrogen-bond acceptors (Lipinski definition) is 4. The molecule has 0 saturated heterocycles. The van der Waals surface area contributed by atoms with E-state index in [4.69, 9.17) is 10.5 Å². The standard InChI is InChI=1S/C12H25NO3S/c1-2-7-17(14,15)8-6-16-10-12-5-3-4-11(12)9-13/h11-12H,2-10,13H2,1H3. The highest BCUT2D eigenvalue weighted by Gasteiger charge is 2.26. The zero-order chi connectivity index (χ0) is 12.7. The molecule has 0 aromatic heterocycles. The lowest BCUT2D eigenvalue weighted by molar-refractivity contribution is 0.0980. The molecule has 0 radical (unpaired) electrons. The molecule has 0 aliphatic heterocycles. The van der Waals surface area contributed by atoms with Crippen LogP contribution in [0.2, 0.25) is 0 Å². The molecule has 17 heavy (non-hydrogen) atoms. The lowest BCUT2D eigenvalue weighted by Crippen LogP contribution is -2.23. The molecule has 1 aliphatic carbocycles. The molecule has 1 fully saturated rings. The topological polar surface area (TPSA) is 69.4 Å². The maximum atomic E-state index is 11.4. The predicted molar refractivity (Wildman–Crippen MR) is 69.6 cm³/mol. The van der Waals surface area contributed by atoms with Crippen molar-refractivity contribution in [2.75, 3.05) is 31.3 Å². The lowest BCUT2D eigenvalue weighted by Gasteiger charge is -2.17. The maximum Gasteiger partial charge on any atom is 0.152 e. The maximum absolute atomic E-state index is 11.4. The van der Waals surface area contributed by atoms with Gasteiger partial charge in [-0.05, 0) is 37.6 Å². The van der Waals surface area contributed by atoms with Crippen LogP contribution >= 0.6 is 0 Å². The lowest BCUT2D eigenvalue weighted by atomic mass is 9.97. The van der Waals surface area contributed by atoms with Crippen LogP contribution in [0.25, 0.3) is 0 Å². The predicted octanol–water partition coefficient (Wildman–Crippen LogP) is 1.20. The second kappa shape index (κ2) is 7.34. The fraction of sp³-hybridized carbons (Fsp3) is 1.00. The molecule has 0 bridgehead atoms. The number of ether oxygens (including phenoxy) is 1. The van der Waals surface area contributed by atoms with Crippen LogP contribution in [-0.4, -0.2) is 39.7 Å². The van der Waals surface area contributed by atoms with Gasteiger partial charge in [-0.1, -0.05) is 13.3 Å². The van der Waals surface area contributed by atoms with Gasteiger partial charge in [-0.3, -0.25) is 0 Å². The molecule has 0 heterocycles. The van der Waals surface area contributed by atoms with E-state index in [9.17, 15) is 8.42 Å². The molecule has 4 nitrogen and oxygen atoms in total. The average molecular weight is 263 g/mol. The highest BCUT2D eigenvalue weighted by atomic mass is 32.2. The minimum absolute atomic E-state index is 0.154. The molecule has 0 aromatic carbocycles. The summed E-state index contributed by atoms with van der Waals surface area (Å²) in [4.78, 5) is 0. The quantitative estimate of drug-likeness (QED) is 0.668. The largest absolute Gasteiger partial charge is 0.380 e. The monoisotopic (exact) mass is 263 g/mol. The Morgan fingerprint density at radius 3 is 2.59 bits per heavy atom. The summed E-state index contributed by atoms with van der Waals surface area (Å²) in [6.45, 7) is 3.60. The second-order valence-corrected chi connectivity index (χ2v) is 7.22. The number of hydrogen-bond donors (Lipinski definition) is 1. The highest BCUT2D eigenvalue weighted by Crippen LogP contribution is 2.30. The fourth-order valence-electron chi connectivity index (χ4n) is 2.48. The van der Waals surface area contributed by atoms with E-state index in [0.29, 0.717) is 31.5 Å². The molecule has 102 valence electrons. The molecule has 2 atom stereocenters. The van der Waals surface area contributed by atoms with Crippen molar-refractivity contribution in [1.29, 1.82) is 0 Å². The van der Waals surface area contributed by atoms with Crippen LogP contribution in [0.15, 0.2) is 0 Å². The van der Waals surface area contributed by atoms with Gasteiger partial charge in [-0.15, -0.1) is 0 Å². The third-order valence-electron chi connectivity index (χ3n) is 3.50. The zero-order valence-electron chi connectivity index (χ0n) is 10.7. The summed E-state index contributed by atoms with van der Waals surface area (Å²) in [5.41, 5.74) is 5.69. The molecule has 5 heteroatoms. The molecule has 0 aromatic rings. The number of sulfone groups is 1. The SMILES string of the molecule is CCCS(=O)(=O)CCOCC1CCCC1CN. The van der Waals surface area contributed by atoms with Gasteiger partial charge in [0.2, 0.25) is 0 Å². The Hall–Kier alpha value is -0.130. The Labute approximate surface area is 105 Å². The van der Waals surface area contributed by atoms with Gasteiger partial charge in [0.25, 0.3) is 0 Å². The van der Waals surface area contributed by atoms with Gasteiger partial charge in [0.1, 0.15) is 0 Å². The van der Waals surface area contributed by atoms with Crippen LogP contribution < -0.4 is 5.73 Å². The van der Waals surface area contributed by atoms with Crippen LogP contribution in [0.5, 0.6) is 0 Å². The van der Waals surface area contributed by atoms with Crippen LogP contribution in [0, 0.1) is 11.8 Å². The smallest absolute Gasteiger partial charge is 0.152 e. The van der Waals surface area contributed by atoms with E-state index in [1.54, 1.807) is 0 Å². The Morgan fingerprint density at radius 1 is 1.24 bits per heavy atom. The molecular weight excluding hydrogens is 238 g/mol. The van der Waals surface area contributed by atoms with Gasteiger partial charge in [-0.25, -0.2) is 8.42 Å². The Morgan fingerprint density at radius 2 is 1.94 bits per heavy atom. The van der Waals surface area contributed by atoms with E-state index in [1.165, 1.54) is 19.3 Å². The average Bonchev–Trinajstić information content (AvgIpc) is 2.71. The van der Waals surface area contributed by atoms with Gasteiger partial charge < -0.3 is 10.5 Å². The molecule has 1 saturated carbocycles. The molecule has 0 amide bonds. The van der Waals surface area contributed by atoms with Crippen molar-refractivity contribution < 1.29 is 13.2 Å². The summed E-state index contributed by atoms with van der Waals surface area (Å²) in [6.07, 6.45) is 4.27. The van der Waals surface area contributed by atoms with Crippen LogP contribution in [0.4, 0.5) is 0 Å². The summed E-state index contributed by atoms with van der Waals surface area (Å²) < 4.78 is 28.4. The van der Waals surface area contributed by atoms with Crippen molar-refractivity contribution in [2.45, 2.75) is 32.6 Å². The summed E-state index contributed by atoms with van der Waals surface area (Å²) in [6, 6.07) is 0. The van der Waals surface area contributed by atoms with Crippen LogP contribution in [0.1, 0.15) is 32.6 Å². The van der Waals surface area contributed by atoms with E-state index in [0.717, 1.165) is 6.54 Å². The normalized spacial score (nSPS) is 25.3. The van der Waals surface area contributed by atoms with E-state index in [1.807, 2.05) is 6.92 Å². The number of rotatable bonds is 8. The first-order chi connectivity index (χ1) is 8.09. The van der Waals surface area contributed by atoms with Gasteiger partial charge in [0.05, 0.1) is 12.4 Å². The van der Waals surface area contributed by atoms with Crippen molar-refractivity contribution in [3.8, 4) is 0 Å². The molecule has 2 unspecified atom stereocenters. The summed E-state index contributed by atoms with van der Waals surface area (Å²) in [5.74, 6) is 1.53. The van der Waals surface area contributed by atoms with E-state index < -0.39 is 9.84 Å². The van der Waals surface area contributed by atoms with Crippen molar-refractivity contribution in [2.24, 2.45) is 17.6 Å². The van der Waals surface area contributed by atoms with E-state index in [-0.39, 0.29) is 11.5 Å². The third kappa shape index (κ3) is 5.36. The minimum Gasteiger partial charge on any atom is -0.380 e. The Bertz CT molecular complexity index is 303. The first kappa shape index (κ1) is 14.9. The number of nitrogens with two attached hydrogens (primary N) is 1. The highest BCUT2D eigenvalue weighted by molar-refractivity contribution is 7.91. The van der Waals surface area contributed by atoms with Crippen molar-refractivity contribution in [3.05, 3.63) is 0 Å². The van der Waals surface area contributed by atoms with Crippen LogP contribution in [0.3, 0.4) is 0 Å². The molecule has 1 aliphatic rings. The van der Waals surface area contributed by atoms with Crippen molar-refractivity contribution in [1.82, 2.24) is 0 Å². The summed E-state index contributed by atoms with van der Waals surface area (Å²) >= 11 is 0. The first-order valence-corrected chi connectivity index (χ1v) is 8.39. The van der Waals surface area contributed by atoms with E-state index in [2.05, 4.69) is 0 Å². The van der Waals surface area contributed by atoms with Crippen molar-refractivity contribution >= 4 is 9.84 Å². The summed E-state index contributed by atoms with van der Waals surface area (Å²) in [5, 5.41) is 0. The molecule has 0 spiro atoms. The Kier molecular flexibility index (Phi) is 6.44. The molecule has 2 N–H and O–H groups in total. The third-order valence-corrected chi connectivity index (χ3v) is 5.32. The Balaban J connectivity index is 2.16. The summed E-state index contributed by atoms with van der Waals surface area (Å²) in [7, 11) is -2.90. The fourth-order valence-corrected chi connectivity index (χ4v) is 3.67. The van der Waals surface area contributed by atoms with Crippen LogP contribution in [-0.2, 0) is 14.6 Å². The van der Waals surface area contributed by atoms with E-state index >= 15 is 0 Å².